The fourth-order valence-corrected chi connectivity index (χ4v) is 4.97. The maximum atomic E-state index is 12.6. The Labute approximate surface area is 160 Å². The van der Waals surface area contributed by atoms with Crippen LogP contribution in [0.4, 0.5) is 0 Å². The predicted molar refractivity (Wildman–Crippen MR) is 104 cm³/mol. The molecular weight excluding hydrogens is 370 g/mol. The fourth-order valence-electron chi connectivity index (χ4n) is 3.68. The molecule has 0 atom stereocenters. The van der Waals surface area contributed by atoms with Gasteiger partial charge < -0.3 is 5.11 Å². The van der Waals surface area contributed by atoms with Gasteiger partial charge in [0.1, 0.15) is 0 Å². The van der Waals surface area contributed by atoms with Crippen LogP contribution in [-0.4, -0.2) is 20.1 Å². The number of benzene rings is 2. The minimum atomic E-state index is -3.55. The zero-order chi connectivity index (χ0) is 18.6. The van der Waals surface area contributed by atoms with E-state index in [2.05, 4.69) is 4.72 Å². The van der Waals surface area contributed by atoms with Crippen molar-refractivity contribution in [3.63, 3.8) is 0 Å². The van der Waals surface area contributed by atoms with Gasteiger partial charge in [0, 0.05) is 11.6 Å². The van der Waals surface area contributed by atoms with Crippen LogP contribution >= 0.6 is 11.6 Å². The molecule has 0 aromatic heterocycles. The van der Waals surface area contributed by atoms with Crippen LogP contribution in [0.2, 0.25) is 5.02 Å². The van der Waals surface area contributed by atoms with Gasteiger partial charge in [-0.2, -0.15) is 0 Å². The number of aliphatic hydroxyl groups excluding tert-OH is 1. The maximum Gasteiger partial charge on any atom is 0.240 e. The molecule has 26 heavy (non-hydrogen) atoms. The van der Waals surface area contributed by atoms with E-state index in [-0.39, 0.29) is 16.9 Å². The van der Waals surface area contributed by atoms with Gasteiger partial charge in [0.2, 0.25) is 10.0 Å². The predicted octanol–water partition coefficient (Wildman–Crippen LogP) is 3.91. The number of aliphatic hydroxyl groups is 1. The van der Waals surface area contributed by atoms with Gasteiger partial charge in [-0.1, -0.05) is 48.7 Å². The molecule has 6 heteroatoms. The Morgan fingerprint density at radius 1 is 0.962 bits per heavy atom. The second kappa shape index (κ2) is 8.09. The molecule has 1 saturated carbocycles. The average Bonchev–Trinajstić information content (AvgIpc) is 3.10. The van der Waals surface area contributed by atoms with Gasteiger partial charge >= 0.3 is 0 Å². The molecule has 0 aliphatic heterocycles. The second-order valence-electron chi connectivity index (χ2n) is 7.14. The Morgan fingerprint density at radius 3 is 2.12 bits per heavy atom. The summed E-state index contributed by atoms with van der Waals surface area (Å²) in [5.41, 5.74) is 2.01. The van der Waals surface area contributed by atoms with Gasteiger partial charge in [-0.25, -0.2) is 13.1 Å². The molecule has 0 radical (unpaired) electrons. The molecule has 0 amide bonds. The Balaban J connectivity index is 1.72. The zero-order valence-electron chi connectivity index (χ0n) is 14.6. The minimum absolute atomic E-state index is 0.0340. The number of sulfonamides is 1. The molecule has 1 aliphatic rings. The first-order valence-electron chi connectivity index (χ1n) is 8.86. The molecule has 0 unspecified atom stereocenters. The normalized spacial score (nSPS) is 16.7. The van der Waals surface area contributed by atoms with Crippen LogP contribution in [0.1, 0.15) is 36.8 Å². The number of rotatable bonds is 7. The molecule has 0 spiro atoms. The topological polar surface area (TPSA) is 66.4 Å². The third-order valence-electron chi connectivity index (χ3n) is 5.21. The molecule has 2 N–H and O–H groups in total. The summed E-state index contributed by atoms with van der Waals surface area (Å²) in [5, 5.41) is 9.69. The van der Waals surface area contributed by atoms with E-state index in [1.807, 2.05) is 24.3 Å². The lowest BCUT2D eigenvalue weighted by Gasteiger charge is -2.29. The monoisotopic (exact) mass is 393 g/mol. The smallest absolute Gasteiger partial charge is 0.240 e. The quantitative estimate of drug-likeness (QED) is 0.749. The van der Waals surface area contributed by atoms with E-state index in [1.165, 1.54) is 17.7 Å². The first-order valence-corrected chi connectivity index (χ1v) is 10.7. The van der Waals surface area contributed by atoms with E-state index < -0.39 is 10.0 Å². The van der Waals surface area contributed by atoms with E-state index in [1.54, 1.807) is 12.1 Å². The molecule has 1 fully saturated rings. The molecule has 140 valence electrons. The Kier molecular flexibility index (Phi) is 6.03. The van der Waals surface area contributed by atoms with Crippen molar-refractivity contribution in [3.8, 4) is 0 Å². The largest absolute Gasteiger partial charge is 0.392 e. The highest BCUT2D eigenvalue weighted by molar-refractivity contribution is 7.89. The summed E-state index contributed by atoms with van der Waals surface area (Å²) in [6, 6.07) is 14.1. The molecule has 4 nitrogen and oxygen atoms in total. The van der Waals surface area contributed by atoms with Crippen LogP contribution < -0.4 is 4.72 Å². The highest BCUT2D eigenvalue weighted by Gasteiger charge is 2.35. The molecule has 1 aliphatic carbocycles. The molecule has 0 bridgehead atoms. The lowest BCUT2D eigenvalue weighted by Crippen LogP contribution is -2.37. The van der Waals surface area contributed by atoms with Crippen molar-refractivity contribution in [3.05, 3.63) is 64.7 Å². The standard InChI is InChI=1S/C20H24ClNO3S/c21-18-7-9-19(10-8-18)26(24,25)22-15-20(11-1-2-12-20)13-16-3-5-17(14-23)6-4-16/h3-10,22-23H,1-2,11-15H2. The van der Waals surface area contributed by atoms with E-state index in [9.17, 15) is 13.5 Å². The summed E-state index contributed by atoms with van der Waals surface area (Å²) in [4.78, 5) is 0.238. The van der Waals surface area contributed by atoms with Gasteiger partial charge in [-0.15, -0.1) is 0 Å². The van der Waals surface area contributed by atoms with Crippen molar-refractivity contribution >= 4 is 21.6 Å². The molecule has 2 aromatic carbocycles. The third kappa shape index (κ3) is 4.65. The first kappa shape index (κ1) is 19.4. The SMILES string of the molecule is O=S(=O)(NCC1(Cc2ccc(CO)cc2)CCCC1)c1ccc(Cl)cc1. The van der Waals surface area contributed by atoms with Gasteiger partial charge in [-0.05, 0) is 60.1 Å². The molecule has 0 heterocycles. The number of hydrogen-bond donors (Lipinski definition) is 2. The maximum absolute atomic E-state index is 12.6. The highest BCUT2D eigenvalue weighted by atomic mass is 35.5. The highest BCUT2D eigenvalue weighted by Crippen LogP contribution is 2.40. The van der Waals surface area contributed by atoms with Crippen molar-refractivity contribution in [1.29, 1.82) is 0 Å². The lowest BCUT2D eigenvalue weighted by atomic mass is 9.80. The average molecular weight is 394 g/mol. The zero-order valence-corrected chi connectivity index (χ0v) is 16.2. The van der Waals surface area contributed by atoms with Crippen LogP contribution in [0.25, 0.3) is 0 Å². The summed E-state index contributed by atoms with van der Waals surface area (Å²) < 4.78 is 28.0. The molecule has 0 saturated heterocycles. The summed E-state index contributed by atoms with van der Waals surface area (Å²) in [5.74, 6) is 0. The Morgan fingerprint density at radius 2 is 1.54 bits per heavy atom. The number of hydrogen-bond acceptors (Lipinski definition) is 3. The summed E-state index contributed by atoms with van der Waals surface area (Å²) in [7, 11) is -3.55. The van der Waals surface area contributed by atoms with Crippen molar-refractivity contribution in [2.24, 2.45) is 5.41 Å². The fraction of sp³-hybridized carbons (Fsp3) is 0.400. The summed E-state index contributed by atoms with van der Waals surface area (Å²) >= 11 is 5.85. The summed E-state index contributed by atoms with van der Waals surface area (Å²) in [6.07, 6.45) is 5.10. The molecular formula is C20H24ClNO3S. The van der Waals surface area contributed by atoms with E-state index in [0.717, 1.165) is 37.7 Å². The van der Waals surface area contributed by atoms with Crippen LogP contribution in [-0.2, 0) is 23.1 Å². The number of nitrogens with one attached hydrogen (secondary N) is 1. The third-order valence-corrected chi connectivity index (χ3v) is 6.88. The van der Waals surface area contributed by atoms with Crippen molar-refractivity contribution in [2.45, 2.75) is 43.6 Å². The van der Waals surface area contributed by atoms with Crippen LogP contribution in [0.3, 0.4) is 0 Å². The van der Waals surface area contributed by atoms with Gasteiger partial charge in [0.05, 0.1) is 11.5 Å². The van der Waals surface area contributed by atoms with Gasteiger partial charge in [0.15, 0.2) is 0 Å². The first-order chi connectivity index (χ1) is 12.4. The van der Waals surface area contributed by atoms with Crippen LogP contribution in [0.5, 0.6) is 0 Å². The van der Waals surface area contributed by atoms with Crippen molar-refractivity contribution in [2.75, 3.05) is 6.54 Å². The Hall–Kier alpha value is -1.40. The number of halogens is 1. The van der Waals surface area contributed by atoms with Crippen LogP contribution in [0.15, 0.2) is 53.4 Å². The van der Waals surface area contributed by atoms with E-state index in [0.29, 0.717) is 11.6 Å². The van der Waals surface area contributed by atoms with Crippen molar-refractivity contribution < 1.29 is 13.5 Å². The van der Waals surface area contributed by atoms with Gasteiger partial charge in [-0.3, -0.25) is 0 Å². The Bertz CT molecular complexity index is 826. The molecule has 2 aromatic rings. The van der Waals surface area contributed by atoms with E-state index >= 15 is 0 Å². The van der Waals surface area contributed by atoms with Crippen molar-refractivity contribution in [1.82, 2.24) is 4.72 Å². The van der Waals surface area contributed by atoms with E-state index in [4.69, 9.17) is 11.6 Å². The molecule has 3 rings (SSSR count). The summed E-state index contributed by atoms with van der Waals surface area (Å²) in [6.45, 7) is 0.464. The van der Waals surface area contributed by atoms with Crippen LogP contribution in [0, 0.1) is 5.41 Å². The second-order valence-corrected chi connectivity index (χ2v) is 9.34. The van der Waals surface area contributed by atoms with Gasteiger partial charge in [0.25, 0.3) is 0 Å². The lowest BCUT2D eigenvalue weighted by molar-refractivity contribution is 0.281. The minimum Gasteiger partial charge on any atom is -0.392 e.